The molecule has 2 heterocycles. The SMILES string of the molecule is Cc1ccc(C(C)n2c(=S)[nH]c3ccc(Cl)cc32)s1. The molecule has 0 fully saturated rings. The maximum absolute atomic E-state index is 6.10. The second-order valence-corrected chi connectivity index (χ2v) is 6.73. The first-order valence-electron chi connectivity index (χ1n) is 6.02. The number of fused-ring (bicyclic) bond motifs is 1. The molecule has 3 rings (SSSR count). The van der Waals surface area contributed by atoms with Gasteiger partial charge in [-0.05, 0) is 56.4 Å². The molecule has 5 heteroatoms. The summed E-state index contributed by atoms with van der Waals surface area (Å²) in [5.74, 6) is 0. The van der Waals surface area contributed by atoms with E-state index in [0.717, 1.165) is 20.8 Å². The summed E-state index contributed by atoms with van der Waals surface area (Å²) in [5, 5.41) is 0.727. The number of rotatable bonds is 2. The van der Waals surface area contributed by atoms with Crippen LogP contribution in [0.1, 0.15) is 22.7 Å². The fraction of sp³-hybridized carbons (Fsp3) is 0.214. The van der Waals surface area contributed by atoms with Crippen molar-refractivity contribution in [1.29, 1.82) is 0 Å². The molecule has 0 saturated carbocycles. The van der Waals surface area contributed by atoms with Gasteiger partial charge >= 0.3 is 0 Å². The summed E-state index contributed by atoms with van der Waals surface area (Å²) in [4.78, 5) is 5.85. The summed E-state index contributed by atoms with van der Waals surface area (Å²) >= 11 is 13.3. The highest BCUT2D eigenvalue weighted by Gasteiger charge is 2.14. The third-order valence-electron chi connectivity index (χ3n) is 3.24. The Morgan fingerprint density at radius 1 is 1.32 bits per heavy atom. The van der Waals surface area contributed by atoms with E-state index in [1.807, 2.05) is 18.2 Å². The highest BCUT2D eigenvalue weighted by Crippen LogP contribution is 2.30. The molecule has 98 valence electrons. The van der Waals surface area contributed by atoms with Gasteiger partial charge in [0.15, 0.2) is 4.77 Å². The zero-order valence-electron chi connectivity index (χ0n) is 10.6. The van der Waals surface area contributed by atoms with Gasteiger partial charge in [0.2, 0.25) is 0 Å². The lowest BCUT2D eigenvalue weighted by molar-refractivity contribution is 0.661. The highest BCUT2D eigenvalue weighted by molar-refractivity contribution is 7.71. The number of imidazole rings is 1. The Balaban J connectivity index is 2.21. The Morgan fingerprint density at radius 3 is 2.79 bits per heavy atom. The maximum atomic E-state index is 6.10. The number of benzene rings is 1. The number of hydrogen-bond donors (Lipinski definition) is 1. The van der Waals surface area contributed by atoms with Gasteiger partial charge in [0, 0.05) is 14.8 Å². The number of thiophene rings is 1. The first kappa shape index (κ1) is 12.9. The van der Waals surface area contributed by atoms with Gasteiger partial charge in [-0.2, -0.15) is 0 Å². The lowest BCUT2D eigenvalue weighted by Gasteiger charge is -2.13. The van der Waals surface area contributed by atoms with Crippen LogP contribution in [0, 0.1) is 11.7 Å². The number of halogens is 1. The standard InChI is InChI=1S/C14H13ClN2S2/c1-8-3-6-13(19-8)9(2)17-12-7-10(15)4-5-11(12)16-14(17)18/h3-7,9H,1-2H3,(H,16,18). The summed E-state index contributed by atoms with van der Waals surface area (Å²) in [5.41, 5.74) is 2.07. The minimum absolute atomic E-state index is 0.207. The molecular weight excluding hydrogens is 296 g/mol. The number of aryl methyl sites for hydroxylation is 1. The van der Waals surface area contributed by atoms with Gasteiger partial charge in [-0.15, -0.1) is 11.3 Å². The van der Waals surface area contributed by atoms with E-state index in [4.69, 9.17) is 23.8 Å². The molecular formula is C14H13ClN2S2. The smallest absolute Gasteiger partial charge is 0.178 e. The average molecular weight is 309 g/mol. The van der Waals surface area contributed by atoms with Gasteiger partial charge in [0.1, 0.15) is 0 Å². The Bertz CT molecular complexity index is 797. The third-order valence-corrected chi connectivity index (χ3v) is 4.94. The van der Waals surface area contributed by atoms with Crippen LogP contribution in [-0.2, 0) is 0 Å². The summed E-state index contributed by atoms with van der Waals surface area (Å²) in [6.45, 7) is 4.28. The number of hydrogen-bond acceptors (Lipinski definition) is 2. The number of aromatic amines is 1. The molecule has 0 bridgehead atoms. The van der Waals surface area contributed by atoms with Crippen LogP contribution < -0.4 is 0 Å². The van der Waals surface area contributed by atoms with E-state index >= 15 is 0 Å². The minimum atomic E-state index is 0.207. The zero-order chi connectivity index (χ0) is 13.6. The molecule has 0 spiro atoms. The van der Waals surface area contributed by atoms with Crippen molar-refractivity contribution in [2.24, 2.45) is 0 Å². The summed E-state index contributed by atoms with van der Waals surface area (Å²) in [7, 11) is 0. The molecule has 0 radical (unpaired) electrons. The Kier molecular flexibility index (Phi) is 3.25. The van der Waals surface area contributed by atoms with Crippen LogP contribution in [0.3, 0.4) is 0 Å². The lowest BCUT2D eigenvalue weighted by Crippen LogP contribution is -2.04. The number of H-pyrrole nitrogens is 1. The van der Waals surface area contributed by atoms with Crippen molar-refractivity contribution in [3.8, 4) is 0 Å². The summed E-state index contributed by atoms with van der Waals surface area (Å²) in [6, 6.07) is 10.3. The van der Waals surface area contributed by atoms with Gasteiger partial charge < -0.3 is 9.55 Å². The molecule has 0 saturated heterocycles. The van der Waals surface area contributed by atoms with Crippen LogP contribution >= 0.6 is 35.2 Å². The first-order chi connectivity index (χ1) is 9.06. The molecule has 19 heavy (non-hydrogen) atoms. The van der Waals surface area contributed by atoms with Gasteiger partial charge in [-0.1, -0.05) is 11.6 Å². The van der Waals surface area contributed by atoms with Crippen LogP contribution in [0.15, 0.2) is 30.3 Å². The fourth-order valence-corrected chi connectivity index (χ4v) is 3.74. The molecule has 2 nitrogen and oxygen atoms in total. The van der Waals surface area contributed by atoms with E-state index in [-0.39, 0.29) is 6.04 Å². The Labute approximate surface area is 125 Å². The summed E-state index contributed by atoms with van der Waals surface area (Å²) < 4.78 is 2.86. The van der Waals surface area contributed by atoms with Crippen molar-refractivity contribution in [2.75, 3.05) is 0 Å². The first-order valence-corrected chi connectivity index (χ1v) is 7.62. The molecule has 0 aliphatic heterocycles. The van der Waals surface area contributed by atoms with Crippen LogP contribution in [-0.4, -0.2) is 9.55 Å². The van der Waals surface area contributed by atoms with Crippen LogP contribution in [0.25, 0.3) is 11.0 Å². The zero-order valence-corrected chi connectivity index (χ0v) is 13.0. The Hall–Kier alpha value is -1.10. The highest BCUT2D eigenvalue weighted by atomic mass is 35.5. The molecule has 3 aromatic rings. The predicted octanol–water partition coefficient (Wildman–Crippen LogP) is 5.33. The third kappa shape index (κ3) is 2.24. The average Bonchev–Trinajstić information content (AvgIpc) is 2.91. The predicted molar refractivity (Wildman–Crippen MR) is 85.0 cm³/mol. The van der Waals surface area contributed by atoms with Crippen molar-refractivity contribution in [1.82, 2.24) is 9.55 Å². The molecule has 2 aromatic heterocycles. The number of aromatic nitrogens is 2. The van der Waals surface area contributed by atoms with E-state index in [0.29, 0.717) is 0 Å². The van der Waals surface area contributed by atoms with Crippen LogP contribution in [0.4, 0.5) is 0 Å². The molecule has 1 unspecified atom stereocenters. The molecule has 0 aliphatic carbocycles. The van der Waals surface area contributed by atoms with Gasteiger partial charge in [-0.3, -0.25) is 0 Å². The fourth-order valence-electron chi connectivity index (χ4n) is 2.28. The van der Waals surface area contributed by atoms with Crippen LogP contribution in [0.2, 0.25) is 5.02 Å². The monoisotopic (exact) mass is 308 g/mol. The Morgan fingerprint density at radius 2 is 2.11 bits per heavy atom. The molecule has 1 N–H and O–H groups in total. The van der Waals surface area contributed by atoms with Crippen molar-refractivity contribution in [3.05, 3.63) is 49.9 Å². The van der Waals surface area contributed by atoms with Gasteiger partial charge in [0.05, 0.1) is 17.1 Å². The lowest BCUT2D eigenvalue weighted by atomic mass is 10.2. The normalized spacial score (nSPS) is 13.0. The molecule has 1 aromatic carbocycles. The summed E-state index contributed by atoms with van der Waals surface area (Å²) in [6.07, 6.45) is 0. The molecule has 0 amide bonds. The second-order valence-electron chi connectivity index (χ2n) is 4.59. The maximum Gasteiger partial charge on any atom is 0.178 e. The van der Waals surface area contributed by atoms with Crippen molar-refractivity contribution in [2.45, 2.75) is 19.9 Å². The number of nitrogens with one attached hydrogen (secondary N) is 1. The molecule has 0 aliphatic rings. The van der Waals surface area contributed by atoms with Gasteiger partial charge in [0.25, 0.3) is 0 Å². The largest absolute Gasteiger partial charge is 0.331 e. The number of nitrogens with zero attached hydrogens (tertiary/aromatic N) is 1. The van der Waals surface area contributed by atoms with E-state index in [2.05, 4.69) is 35.5 Å². The minimum Gasteiger partial charge on any atom is -0.331 e. The van der Waals surface area contributed by atoms with Crippen LogP contribution in [0.5, 0.6) is 0 Å². The van der Waals surface area contributed by atoms with Crippen molar-refractivity contribution in [3.63, 3.8) is 0 Å². The van der Waals surface area contributed by atoms with Gasteiger partial charge in [-0.25, -0.2) is 0 Å². The van der Waals surface area contributed by atoms with Crippen molar-refractivity contribution < 1.29 is 0 Å². The second kappa shape index (κ2) is 4.78. The topological polar surface area (TPSA) is 20.7 Å². The van der Waals surface area contributed by atoms with E-state index in [9.17, 15) is 0 Å². The van der Waals surface area contributed by atoms with Crippen molar-refractivity contribution >= 4 is 46.2 Å². The quantitative estimate of drug-likeness (QED) is 0.634. The molecule has 1 atom stereocenters. The van der Waals surface area contributed by atoms with E-state index in [1.54, 1.807) is 11.3 Å². The van der Waals surface area contributed by atoms with E-state index in [1.165, 1.54) is 9.75 Å². The van der Waals surface area contributed by atoms with E-state index < -0.39 is 0 Å².